The summed E-state index contributed by atoms with van der Waals surface area (Å²) in [4.78, 5) is 12.1. The molecule has 0 aliphatic heterocycles. The SMILES string of the molecule is CCCCn1nc(-c2ccc(C)cc2C)cc(C#N)c1=O. The van der Waals surface area contributed by atoms with E-state index in [0.29, 0.717) is 12.2 Å². The fraction of sp³-hybridized carbons (Fsp3) is 0.353. The fourth-order valence-corrected chi connectivity index (χ4v) is 2.31. The number of aromatic nitrogens is 2. The zero-order valence-corrected chi connectivity index (χ0v) is 12.7. The summed E-state index contributed by atoms with van der Waals surface area (Å²) in [7, 11) is 0. The molecule has 1 aromatic carbocycles. The second-order valence-corrected chi connectivity index (χ2v) is 5.26. The van der Waals surface area contributed by atoms with Gasteiger partial charge < -0.3 is 0 Å². The van der Waals surface area contributed by atoms with Gasteiger partial charge in [-0.25, -0.2) is 4.68 Å². The van der Waals surface area contributed by atoms with Crippen LogP contribution in [0.25, 0.3) is 11.3 Å². The summed E-state index contributed by atoms with van der Waals surface area (Å²) in [6.45, 7) is 6.65. The molecule has 0 fully saturated rings. The van der Waals surface area contributed by atoms with E-state index in [4.69, 9.17) is 5.26 Å². The molecule has 0 aliphatic rings. The summed E-state index contributed by atoms with van der Waals surface area (Å²) in [6, 6.07) is 9.64. The van der Waals surface area contributed by atoms with Crippen LogP contribution in [0.4, 0.5) is 0 Å². The van der Waals surface area contributed by atoms with E-state index in [1.54, 1.807) is 6.07 Å². The Balaban J connectivity index is 2.58. The van der Waals surface area contributed by atoms with Gasteiger partial charge in [-0.2, -0.15) is 10.4 Å². The number of aryl methyl sites for hydroxylation is 3. The molecule has 2 aromatic rings. The molecule has 2 rings (SSSR count). The zero-order valence-electron chi connectivity index (χ0n) is 12.7. The normalized spacial score (nSPS) is 10.4. The highest BCUT2D eigenvalue weighted by atomic mass is 16.1. The van der Waals surface area contributed by atoms with Crippen LogP contribution in [-0.2, 0) is 6.54 Å². The lowest BCUT2D eigenvalue weighted by molar-refractivity contribution is 0.544. The van der Waals surface area contributed by atoms with Crippen LogP contribution in [0, 0.1) is 25.2 Å². The number of hydrogen-bond acceptors (Lipinski definition) is 3. The third-order valence-electron chi connectivity index (χ3n) is 3.48. The third kappa shape index (κ3) is 3.19. The molecule has 21 heavy (non-hydrogen) atoms. The Bertz CT molecular complexity index is 754. The highest BCUT2D eigenvalue weighted by Gasteiger charge is 2.11. The van der Waals surface area contributed by atoms with Crippen LogP contribution in [0.1, 0.15) is 36.5 Å². The topological polar surface area (TPSA) is 58.7 Å². The summed E-state index contributed by atoms with van der Waals surface area (Å²) < 4.78 is 1.41. The molecule has 0 saturated carbocycles. The molecule has 0 spiro atoms. The van der Waals surface area contributed by atoms with Crippen LogP contribution in [0.3, 0.4) is 0 Å². The third-order valence-corrected chi connectivity index (χ3v) is 3.48. The first-order valence-corrected chi connectivity index (χ1v) is 7.16. The number of nitriles is 1. The molecule has 1 heterocycles. The van der Waals surface area contributed by atoms with Crippen molar-refractivity contribution >= 4 is 0 Å². The average molecular weight is 281 g/mol. The minimum atomic E-state index is -0.306. The van der Waals surface area contributed by atoms with Crippen molar-refractivity contribution in [2.24, 2.45) is 0 Å². The predicted molar refractivity (Wildman–Crippen MR) is 83.0 cm³/mol. The maximum absolute atomic E-state index is 12.1. The molecule has 0 N–H and O–H groups in total. The van der Waals surface area contributed by atoms with Gasteiger partial charge in [0.1, 0.15) is 11.6 Å². The molecular formula is C17H19N3O. The van der Waals surface area contributed by atoms with Gasteiger partial charge in [0, 0.05) is 12.1 Å². The van der Waals surface area contributed by atoms with Crippen LogP contribution >= 0.6 is 0 Å². The highest BCUT2D eigenvalue weighted by molar-refractivity contribution is 5.64. The molecule has 0 bridgehead atoms. The molecule has 0 amide bonds. The number of hydrogen-bond donors (Lipinski definition) is 0. The largest absolute Gasteiger partial charge is 0.284 e. The molecule has 1 aromatic heterocycles. The van der Waals surface area contributed by atoms with Crippen molar-refractivity contribution in [2.75, 3.05) is 0 Å². The van der Waals surface area contributed by atoms with Crippen molar-refractivity contribution in [2.45, 2.75) is 40.2 Å². The maximum Gasteiger partial charge on any atom is 0.284 e. The van der Waals surface area contributed by atoms with E-state index < -0.39 is 0 Å². The fourth-order valence-electron chi connectivity index (χ4n) is 2.31. The number of rotatable bonds is 4. The second kappa shape index (κ2) is 6.36. The van der Waals surface area contributed by atoms with Crippen molar-refractivity contribution in [3.8, 4) is 17.3 Å². The Morgan fingerprint density at radius 3 is 2.67 bits per heavy atom. The van der Waals surface area contributed by atoms with Gasteiger partial charge in [-0.15, -0.1) is 0 Å². The van der Waals surface area contributed by atoms with E-state index in [1.165, 1.54) is 10.2 Å². The van der Waals surface area contributed by atoms with Gasteiger partial charge in [-0.3, -0.25) is 4.79 Å². The molecule has 4 heteroatoms. The standard InChI is InChI=1S/C17H19N3O/c1-4-5-8-20-17(21)14(11-18)10-16(19-20)15-7-6-12(2)9-13(15)3/h6-7,9-10H,4-5,8H2,1-3H3. The van der Waals surface area contributed by atoms with Gasteiger partial charge in [-0.1, -0.05) is 37.1 Å². The Kier molecular flexibility index (Phi) is 4.54. The number of benzene rings is 1. The smallest absolute Gasteiger partial charge is 0.266 e. The predicted octanol–water partition coefficient (Wildman–Crippen LogP) is 3.20. The Morgan fingerprint density at radius 2 is 2.05 bits per heavy atom. The molecule has 0 atom stereocenters. The molecule has 0 radical (unpaired) electrons. The van der Waals surface area contributed by atoms with Gasteiger partial charge in [-0.05, 0) is 31.9 Å². The van der Waals surface area contributed by atoms with Crippen LogP contribution in [0.2, 0.25) is 0 Å². The van der Waals surface area contributed by atoms with Crippen molar-refractivity contribution < 1.29 is 0 Å². The van der Waals surface area contributed by atoms with E-state index in [2.05, 4.69) is 18.1 Å². The molecule has 0 saturated heterocycles. The van der Waals surface area contributed by atoms with Gasteiger partial charge in [0.25, 0.3) is 5.56 Å². The Morgan fingerprint density at radius 1 is 1.29 bits per heavy atom. The number of nitrogens with zero attached hydrogens (tertiary/aromatic N) is 3. The maximum atomic E-state index is 12.1. The first-order chi connectivity index (χ1) is 10.1. The zero-order chi connectivity index (χ0) is 15.4. The minimum Gasteiger partial charge on any atom is -0.266 e. The van der Waals surface area contributed by atoms with Crippen molar-refractivity contribution in [1.82, 2.24) is 9.78 Å². The van der Waals surface area contributed by atoms with Crippen LogP contribution in [-0.4, -0.2) is 9.78 Å². The van der Waals surface area contributed by atoms with E-state index in [1.807, 2.05) is 32.0 Å². The minimum absolute atomic E-state index is 0.149. The van der Waals surface area contributed by atoms with Gasteiger partial charge >= 0.3 is 0 Å². The number of unbranched alkanes of at least 4 members (excludes halogenated alkanes) is 1. The van der Waals surface area contributed by atoms with Crippen LogP contribution in [0.5, 0.6) is 0 Å². The lowest BCUT2D eigenvalue weighted by Crippen LogP contribution is -2.25. The van der Waals surface area contributed by atoms with Crippen LogP contribution in [0.15, 0.2) is 29.1 Å². The molecule has 0 aliphatic carbocycles. The van der Waals surface area contributed by atoms with Crippen molar-refractivity contribution in [3.63, 3.8) is 0 Å². The van der Waals surface area contributed by atoms with E-state index in [0.717, 1.165) is 24.0 Å². The lowest BCUT2D eigenvalue weighted by atomic mass is 10.0. The van der Waals surface area contributed by atoms with Gasteiger partial charge in [0.15, 0.2) is 0 Å². The summed E-state index contributed by atoms with van der Waals surface area (Å²) in [6.07, 6.45) is 1.85. The molecule has 108 valence electrons. The Labute approximate surface area is 124 Å². The quantitative estimate of drug-likeness (QED) is 0.864. The lowest BCUT2D eigenvalue weighted by Gasteiger charge is -2.10. The average Bonchev–Trinajstić information content (AvgIpc) is 2.46. The summed E-state index contributed by atoms with van der Waals surface area (Å²) in [5, 5.41) is 13.6. The van der Waals surface area contributed by atoms with Crippen molar-refractivity contribution in [1.29, 1.82) is 5.26 Å². The monoisotopic (exact) mass is 281 g/mol. The molecular weight excluding hydrogens is 262 g/mol. The van der Waals surface area contributed by atoms with Gasteiger partial charge in [0.05, 0.1) is 5.69 Å². The van der Waals surface area contributed by atoms with Crippen molar-refractivity contribution in [3.05, 3.63) is 51.3 Å². The summed E-state index contributed by atoms with van der Waals surface area (Å²) in [5.74, 6) is 0. The first-order valence-electron chi connectivity index (χ1n) is 7.16. The summed E-state index contributed by atoms with van der Waals surface area (Å²) >= 11 is 0. The molecule has 0 unspecified atom stereocenters. The first kappa shape index (κ1) is 15.0. The van der Waals surface area contributed by atoms with Crippen LogP contribution < -0.4 is 5.56 Å². The van der Waals surface area contributed by atoms with E-state index in [-0.39, 0.29) is 11.1 Å². The Hall–Kier alpha value is -2.41. The van der Waals surface area contributed by atoms with E-state index >= 15 is 0 Å². The highest BCUT2D eigenvalue weighted by Crippen LogP contribution is 2.22. The molecule has 4 nitrogen and oxygen atoms in total. The van der Waals surface area contributed by atoms with Gasteiger partial charge in [0.2, 0.25) is 0 Å². The second-order valence-electron chi connectivity index (χ2n) is 5.26. The summed E-state index contributed by atoms with van der Waals surface area (Å²) in [5.41, 5.74) is 3.75. The van der Waals surface area contributed by atoms with E-state index in [9.17, 15) is 4.79 Å².